The lowest BCUT2D eigenvalue weighted by molar-refractivity contribution is -0.127. The van der Waals surface area contributed by atoms with E-state index in [1.54, 1.807) is 37.3 Å². The minimum Gasteiger partial charge on any atom is -0.497 e. The van der Waals surface area contributed by atoms with E-state index in [1.807, 2.05) is 12.1 Å². The number of rotatable bonds is 5. The number of benzene rings is 2. The number of carbonyl (C=O) groups excluding carboxylic acids is 2. The zero-order valence-corrected chi connectivity index (χ0v) is 16.8. The molecule has 2 atom stereocenters. The summed E-state index contributed by atoms with van der Waals surface area (Å²) in [4.78, 5) is 27.3. The largest absolute Gasteiger partial charge is 0.497 e. The molecule has 152 valence electrons. The summed E-state index contributed by atoms with van der Waals surface area (Å²) in [6.45, 7) is 0.336. The lowest BCUT2D eigenvalue weighted by Gasteiger charge is -2.27. The van der Waals surface area contributed by atoms with Crippen LogP contribution in [0.5, 0.6) is 11.5 Å². The van der Waals surface area contributed by atoms with Crippen LogP contribution in [0.25, 0.3) is 0 Å². The lowest BCUT2D eigenvalue weighted by Crippen LogP contribution is -2.36. The molecule has 0 aromatic heterocycles. The maximum absolute atomic E-state index is 13.0. The van der Waals surface area contributed by atoms with Crippen molar-refractivity contribution in [3.05, 3.63) is 53.6 Å². The van der Waals surface area contributed by atoms with Crippen LogP contribution in [0.4, 0.5) is 5.69 Å². The Hall–Kier alpha value is -3.02. The molecule has 6 heteroatoms. The van der Waals surface area contributed by atoms with Gasteiger partial charge in [-0.1, -0.05) is 24.3 Å². The van der Waals surface area contributed by atoms with Gasteiger partial charge in [0.05, 0.1) is 31.9 Å². The van der Waals surface area contributed by atoms with Gasteiger partial charge in [-0.25, -0.2) is 0 Å². The number of amides is 2. The molecule has 1 aliphatic carbocycles. The first-order valence-electron chi connectivity index (χ1n) is 10.0. The number of ether oxygens (including phenoxy) is 2. The van der Waals surface area contributed by atoms with Crippen molar-refractivity contribution in [2.45, 2.75) is 31.7 Å². The van der Waals surface area contributed by atoms with Gasteiger partial charge in [-0.15, -0.1) is 0 Å². The smallest absolute Gasteiger partial charge is 0.227 e. The summed E-state index contributed by atoms with van der Waals surface area (Å²) < 4.78 is 10.7. The van der Waals surface area contributed by atoms with Crippen molar-refractivity contribution < 1.29 is 19.1 Å². The van der Waals surface area contributed by atoms with E-state index >= 15 is 0 Å². The van der Waals surface area contributed by atoms with Crippen LogP contribution in [0.15, 0.2) is 42.5 Å². The second-order valence-corrected chi connectivity index (χ2v) is 7.60. The highest BCUT2D eigenvalue weighted by Gasteiger charge is 2.37. The summed E-state index contributed by atoms with van der Waals surface area (Å²) in [5.41, 5.74) is 3.13. The van der Waals surface area contributed by atoms with E-state index in [9.17, 15) is 9.59 Å². The molecule has 1 aliphatic heterocycles. The van der Waals surface area contributed by atoms with Gasteiger partial charge in [-0.2, -0.15) is 0 Å². The van der Waals surface area contributed by atoms with E-state index in [-0.39, 0.29) is 30.2 Å². The highest BCUT2D eigenvalue weighted by Crippen LogP contribution is 2.36. The Kier molecular flexibility index (Phi) is 5.43. The van der Waals surface area contributed by atoms with Crippen molar-refractivity contribution in [3.63, 3.8) is 0 Å². The van der Waals surface area contributed by atoms with Crippen LogP contribution in [0.3, 0.4) is 0 Å². The van der Waals surface area contributed by atoms with Gasteiger partial charge in [0.2, 0.25) is 11.8 Å². The number of anilines is 1. The first-order valence-corrected chi connectivity index (χ1v) is 10.0. The Labute approximate surface area is 170 Å². The van der Waals surface area contributed by atoms with E-state index in [1.165, 1.54) is 11.1 Å². The molecule has 29 heavy (non-hydrogen) atoms. The minimum absolute atomic E-state index is 0.0166. The van der Waals surface area contributed by atoms with E-state index in [0.717, 1.165) is 19.3 Å². The molecule has 4 rings (SSSR count). The molecule has 2 unspecified atom stereocenters. The highest BCUT2D eigenvalue weighted by atomic mass is 16.5. The van der Waals surface area contributed by atoms with Gasteiger partial charge >= 0.3 is 0 Å². The van der Waals surface area contributed by atoms with Crippen LogP contribution in [-0.2, 0) is 16.0 Å². The average molecular weight is 394 g/mol. The van der Waals surface area contributed by atoms with Gasteiger partial charge in [0.25, 0.3) is 0 Å². The number of hydrogen-bond donors (Lipinski definition) is 1. The van der Waals surface area contributed by atoms with Gasteiger partial charge in [-0.05, 0) is 42.5 Å². The summed E-state index contributed by atoms with van der Waals surface area (Å²) in [5.74, 6) is 0.694. The van der Waals surface area contributed by atoms with Gasteiger partial charge in [-0.3, -0.25) is 9.59 Å². The van der Waals surface area contributed by atoms with Crippen molar-refractivity contribution >= 4 is 17.5 Å². The fourth-order valence-corrected chi connectivity index (χ4v) is 4.32. The zero-order valence-electron chi connectivity index (χ0n) is 16.8. The average Bonchev–Trinajstić information content (AvgIpc) is 3.15. The van der Waals surface area contributed by atoms with E-state index in [4.69, 9.17) is 9.47 Å². The second-order valence-electron chi connectivity index (χ2n) is 7.60. The molecule has 0 bridgehead atoms. The van der Waals surface area contributed by atoms with Crippen molar-refractivity contribution in [2.24, 2.45) is 5.92 Å². The predicted molar refractivity (Wildman–Crippen MR) is 110 cm³/mol. The number of hydrogen-bond acceptors (Lipinski definition) is 4. The summed E-state index contributed by atoms with van der Waals surface area (Å²) in [5, 5.41) is 3.19. The molecule has 0 radical (unpaired) electrons. The molecule has 1 fully saturated rings. The van der Waals surface area contributed by atoms with Crippen LogP contribution >= 0.6 is 0 Å². The SMILES string of the molecule is COc1ccc(OC)c(N2CC(C(=O)NC3CCCc4ccccc43)CC2=O)c1. The minimum atomic E-state index is -0.382. The molecule has 1 saturated heterocycles. The fourth-order valence-electron chi connectivity index (χ4n) is 4.32. The van der Waals surface area contributed by atoms with Crippen LogP contribution < -0.4 is 19.7 Å². The molecular weight excluding hydrogens is 368 g/mol. The Bertz CT molecular complexity index is 927. The topological polar surface area (TPSA) is 67.9 Å². The third-order valence-corrected chi connectivity index (χ3v) is 5.86. The van der Waals surface area contributed by atoms with Crippen LogP contribution in [0, 0.1) is 5.92 Å². The van der Waals surface area contributed by atoms with Gasteiger partial charge < -0.3 is 19.7 Å². The van der Waals surface area contributed by atoms with Crippen LogP contribution in [-0.4, -0.2) is 32.6 Å². The standard InChI is InChI=1S/C23H26N2O4/c1-28-17-10-11-21(29-2)20(13-17)25-14-16(12-22(25)26)23(27)24-19-9-5-7-15-6-3-4-8-18(15)19/h3-4,6,8,10-11,13,16,19H,5,7,9,12,14H2,1-2H3,(H,24,27). The maximum atomic E-state index is 13.0. The zero-order chi connectivity index (χ0) is 20.4. The second kappa shape index (κ2) is 8.15. The van der Waals surface area contributed by atoms with Gasteiger partial charge in [0, 0.05) is 19.0 Å². The first kappa shape index (κ1) is 19.3. The van der Waals surface area contributed by atoms with Crippen molar-refractivity contribution in [2.75, 3.05) is 25.7 Å². The molecule has 2 amide bonds. The molecular formula is C23H26N2O4. The Morgan fingerprint density at radius 1 is 1.14 bits per heavy atom. The Morgan fingerprint density at radius 3 is 2.76 bits per heavy atom. The van der Waals surface area contributed by atoms with E-state index < -0.39 is 0 Å². The normalized spacial score (nSPS) is 20.9. The summed E-state index contributed by atoms with van der Waals surface area (Å²) in [6, 6.07) is 13.6. The van der Waals surface area contributed by atoms with E-state index in [0.29, 0.717) is 23.7 Å². The summed E-state index contributed by atoms with van der Waals surface area (Å²) >= 11 is 0. The molecule has 6 nitrogen and oxygen atoms in total. The van der Waals surface area contributed by atoms with Gasteiger partial charge in [0.1, 0.15) is 11.5 Å². The van der Waals surface area contributed by atoms with Crippen molar-refractivity contribution in [1.82, 2.24) is 5.32 Å². The number of carbonyl (C=O) groups is 2. The van der Waals surface area contributed by atoms with Crippen molar-refractivity contribution in [1.29, 1.82) is 0 Å². The molecule has 2 aromatic carbocycles. The highest BCUT2D eigenvalue weighted by molar-refractivity contribution is 6.01. The lowest BCUT2D eigenvalue weighted by atomic mass is 9.87. The van der Waals surface area contributed by atoms with Gasteiger partial charge in [0.15, 0.2) is 0 Å². The number of methoxy groups -OCH3 is 2. The molecule has 2 aromatic rings. The maximum Gasteiger partial charge on any atom is 0.227 e. The Balaban J connectivity index is 1.50. The number of aryl methyl sites for hydroxylation is 1. The monoisotopic (exact) mass is 394 g/mol. The number of fused-ring (bicyclic) bond motifs is 1. The summed E-state index contributed by atoms with van der Waals surface area (Å²) in [7, 11) is 3.15. The van der Waals surface area contributed by atoms with Crippen LogP contribution in [0.2, 0.25) is 0 Å². The van der Waals surface area contributed by atoms with Crippen LogP contribution in [0.1, 0.15) is 36.4 Å². The first-order chi connectivity index (χ1) is 14.1. The number of nitrogens with zero attached hydrogens (tertiary/aromatic N) is 1. The predicted octanol–water partition coefficient (Wildman–Crippen LogP) is 3.25. The molecule has 0 spiro atoms. The molecule has 0 saturated carbocycles. The quantitative estimate of drug-likeness (QED) is 0.845. The molecule has 1 N–H and O–H groups in total. The third kappa shape index (κ3) is 3.79. The molecule has 2 aliphatic rings. The number of nitrogens with one attached hydrogen (secondary N) is 1. The molecule has 1 heterocycles. The van der Waals surface area contributed by atoms with E-state index in [2.05, 4.69) is 17.4 Å². The fraction of sp³-hybridized carbons (Fsp3) is 0.391. The van der Waals surface area contributed by atoms with Crippen molar-refractivity contribution in [3.8, 4) is 11.5 Å². The Morgan fingerprint density at radius 2 is 1.97 bits per heavy atom. The summed E-state index contributed by atoms with van der Waals surface area (Å²) in [6.07, 6.45) is 3.23. The third-order valence-electron chi connectivity index (χ3n) is 5.86.